The van der Waals surface area contributed by atoms with Gasteiger partial charge in [-0.05, 0) is 48.2 Å². The van der Waals surface area contributed by atoms with Crippen molar-refractivity contribution in [3.63, 3.8) is 0 Å². The minimum atomic E-state index is -1.64. The van der Waals surface area contributed by atoms with Crippen LogP contribution in [0.15, 0.2) is 60.7 Å². The van der Waals surface area contributed by atoms with Gasteiger partial charge in [-0.2, -0.15) is 0 Å². The average Bonchev–Trinajstić information content (AvgIpc) is 3.03. The topological polar surface area (TPSA) is 17.3 Å². The maximum Gasteiger partial charge on any atom is 0.0840 e. The molecule has 6 aromatic rings. The zero-order valence-electron chi connectivity index (χ0n) is 18.5. The summed E-state index contributed by atoms with van der Waals surface area (Å²) in [6.45, 7) is 9.11. The van der Waals surface area contributed by atoms with E-state index in [2.05, 4.69) is 84.5 Å². The Labute approximate surface area is 167 Å². The van der Waals surface area contributed by atoms with Crippen molar-refractivity contribution in [1.82, 2.24) is 9.38 Å². The molecule has 0 unspecified atom stereocenters. The third kappa shape index (κ3) is 1.95. The van der Waals surface area contributed by atoms with Gasteiger partial charge in [0.15, 0.2) is 0 Å². The Balaban J connectivity index is 2.07. The van der Waals surface area contributed by atoms with Gasteiger partial charge in [0, 0.05) is 27.7 Å². The molecule has 136 valence electrons. The molecule has 0 amide bonds. The second-order valence-corrected chi connectivity index (χ2v) is 14.0. The summed E-state index contributed by atoms with van der Waals surface area (Å²) in [5.74, 6) is 0. The standard InChI is InChI=1S/C25H22N2Si/c1-15-11-19-18-7-5-6-8-21(18)27-22-14-17(28(2,3)4)13-16-9-10-26-24(23(16)22)20(12-15)25(19)27/h5-14H,1-4H3/i9D,10D. The Morgan fingerprint density at radius 2 is 1.71 bits per heavy atom. The number of aryl methyl sites for hydroxylation is 1. The molecule has 3 heterocycles. The molecule has 0 atom stereocenters. The van der Waals surface area contributed by atoms with Crippen LogP contribution in [0.5, 0.6) is 0 Å². The number of fused-ring (bicyclic) bond motifs is 5. The van der Waals surface area contributed by atoms with E-state index in [1.165, 1.54) is 27.0 Å². The Morgan fingerprint density at radius 3 is 2.54 bits per heavy atom. The van der Waals surface area contributed by atoms with Crippen molar-refractivity contribution in [2.45, 2.75) is 26.6 Å². The smallest absolute Gasteiger partial charge is 0.0840 e. The molecule has 0 bridgehead atoms. The van der Waals surface area contributed by atoms with Gasteiger partial charge in [-0.3, -0.25) is 4.98 Å². The lowest BCUT2D eigenvalue weighted by Crippen LogP contribution is -2.37. The van der Waals surface area contributed by atoms with Gasteiger partial charge in [0.2, 0.25) is 0 Å². The molecule has 0 saturated carbocycles. The summed E-state index contributed by atoms with van der Waals surface area (Å²) in [5.41, 5.74) is 5.46. The van der Waals surface area contributed by atoms with E-state index in [-0.39, 0.29) is 12.2 Å². The van der Waals surface area contributed by atoms with Gasteiger partial charge in [0.05, 0.1) is 32.9 Å². The van der Waals surface area contributed by atoms with Crippen LogP contribution in [-0.2, 0) is 0 Å². The Hall–Kier alpha value is -2.91. The zero-order chi connectivity index (χ0) is 20.9. The summed E-state index contributed by atoms with van der Waals surface area (Å²) in [5, 5.41) is 6.66. The first-order valence-electron chi connectivity index (χ1n) is 10.8. The lowest BCUT2D eigenvalue weighted by atomic mass is 10.0. The highest BCUT2D eigenvalue weighted by Crippen LogP contribution is 2.40. The van der Waals surface area contributed by atoms with Crippen LogP contribution in [0.1, 0.15) is 8.30 Å². The van der Waals surface area contributed by atoms with Crippen molar-refractivity contribution in [1.29, 1.82) is 0 Å². The van der Waals surface area contributed by atoms with E-state index in [4.69, 9.17) is 2.74 Å². The molecule has 0 N–H and O–H groups in total. The maximum absolute atomic E-state index is 8.64. The van der Waals surface area contributed by atoms with Crippen LogP contribution in [0.3, 0.4) is 0 Å². The van der Waals surface area contributed by atoms with Crippen LogP contribution < -0.4 is 5.19 Å². The number of hydrogen-bond acceptors (Lipinski definition) is 1. The fourth-order valence-electron chi connectivity index (χ4n) is 4.65. The van der Waals surface area contributed by atoms with Crippen molar-refractivity contribution in [2.24, 2.45) is 0 Å². The molecular weight excluding hydrogens is 356 g/mol. The highest BCUT2D eigenvalue weighted by molar-refractivity contribution is 6.89. The molecule has 0 fully saturated rings. The van der Waals surface area contributed by atoms with Gasteiger partial charge in [-0.1, -0.05) is 49.1 Å². The highest BCUT2D eigenvalue weighted by atomic mass is 28.3. The van der Waals surface area contributed by atoms with Gasteiger partial charge in [-0.15, -0.1) is 0 Å². The number of benzene rings is 3. The van der Waals surface area contributed by atoms with Crippen molar-refractivity contribution < 1.29 is 2.74 Å². The maximum atomic E-state index is 8.64. The van der Waals surface area contributed by atoms with Gasteiger partial charge < -0.3 is 4.40 Å². The first-order valence-corrected chi connectivity index (χ1v) is 13.3. The number of rotatable bonds is 1. The first kappa shape index (κ1) is 14.1. The summed E-state index contributed by atoms with van der Waals surface area (Å²) in [7, 11) is -1.64. The molecule has 0 saturated heterocycles. The molecule has 2 nitrogen and oxygen atoms in total. The summed E-state index contributed by atoms with van der Waals surface area (Å²) in [6, 6.07) is 17.7. The molecule has 3 aromatic heterocycles. The third-order valence-corrected chi connectivity index (χ3v) is 8.01. The van der Waals surface area contributed by atoms with Crippen LogP contribution in [-0.4, -0.2) is 17.5 Å². The van der Waals surface area contributed by atoms with E-state index >= 15 is 0 Å². The first-order chi connectivity index (χ1) is 14.3. The van der Waals surface area contributed by atoms with Crippen LogP contribution in [0, 0.1) is 6.92 Å². The van der Waals surface area contributed by atoms with Crippen molar-refractivity contribution in [2.75, 3.05) is 0 Å². The largest absolute Gasteiger partial charge is 0.308 e. The monoisotopic (exact) mass is 380 g/mol. The van der Waals surface area contributed by atoms with Crippen LogP contribution in [0.25, 0.3) is 49.0 Å². The Morgan fingerprint density at radius 1 is 0.929 bits per heavy atom. The highest BCUT2D eigenvalue weighted by Gasteiger charge is 2.22. The van der Waals surface area contributed by atoms with E-state index < -0.39 is 8.07 Å². The van der Waals surface area contributed by atoms with Gasteiger partial charge in [0.25, 0.3) is 0 Å². The quantitative estimate of drug-likeness (QED) is 0.187. The fourth-order valence-corrected chi connectivity index (χ4v) is 5.80. The van der Waals surface area contributed by atoms with Crippen molar-refractivity contribution >= 4 is 62.3 Å². The molecule has 28 heavy (non-hydrogen) atoms. The second kappa shape index (κ2) is 5.12. The predicted octanol–water partition coefficient (Wildman–Crippen LogP) is 6.24. The van der Waals surface area contributed by atoms with Crippen LogP contribution >= 0.6 is 0 Å². The molecule has 0 aliphatic carbocycles. The van der Waals surface area contributed by atoms with E-state index in [9.17, 15) is 0 Å². The van der Waals surface area contributed by atoms with Crippen molar-refractivity contribution in [3.8, 4) is 0 Å². The summed E-state index contributed by atoms with van der Waals surface area (Å²) in [4.78, 5) is 4.64. The molecule has 6 rings (SSSR count). The van der Waals surface area contributed by atoms with E-state index in [1.54, 1.807) is 0 Å². The van der Waals surface area contributed by atoms with Gasteiger partial charge in [-0.25, -0.2) is 0 Å². The van der Waals surface area contributed by atoms with Gasteiger partial charge >= 0.3 is 0 Å². The lowest BCUT2D eigenvalue weighted by molar-refractivity contribution is 1.33. The second-order valence-electron chi connectivity index (χ2n) is 8.93. The summed E-state index contributed by atoms with van der Waals surface area (Å²) in [6.07, 6.45) is 0.0513. The van der Waals surface area contributed by atoms with E-state index in [0.717, 1.165) is 32.7 Å². The average molecular weight is 381 g/mol. The number of hydrogen-bond donors (Lipinski definition) is 0. The van der Waals surface area contributed by atoms with Crippen LogP contribution in [0.4, 0.5) is 0 Å². The lowest BCUT2D eigenvalue weighted by Gasteiger charge is -2.20. The zero-order valence-corrected chi connectivity index (χ0v) is 17.5. The Kier molecular flexibility index (Phi) is 2.58. The molecule has 0 spiro atoms. The molecule has 0 radical (unpaired) electrons. The molecule has 3 aromatic carbocycles. The Bertz CT molecular complexity index is 1660. The minimum absolute atomic E-state index is 0.0513. The number of nitrogens with zero attached hydrogens (tertiary/aromatic N) is 2. The normalized spacial score (nSPS) is 14.0. The minimum Gasteiger partial charge on any atom is -0.308 e. The number of aromatic nitrogens is 2. The predicted molar refractivity (Wildman–Crippen MR) is 124 cm³/mol. The van der Waals surface area contributed by atoms with E-state index in [0.29, 0.717) is 0 Å². The molecular formula is C25H22N2Si. The van der Waals surface area contributed by atoms with Gasteiger partial charge in [0.1, 0.15) is 0 Å². The number of para-hydroxylation sites is 1. The summed E-state index contributed by atoms with van der Waals surface area (Å²) < 4.78 is 19.4. The molecule has 3 heteroatoms. The SMILES string of the molecule is [2H]c1nc2c3cc(C)cc4c5ccccc5n(c5cc([Si](C)(C)C)cc(c1[2H])c25)c43. The number of pyridine rings is 2. The molecule has 0 aliphatic rings. The molecule has 0 aliphatic heterocycles. The fraction of sp³-hybridized carbons (Fsp3) is 0.160. The summed E-state index contributed by atoms with van der Waals surface area (Å²) >= 11 is 0. The van der Waals surface area contributed by atoms with Crippen molar-refractivity contribution in [3.05, 3.63) is 66.3 Å². The van der Waals surface area contributed by atoms with E-state index in [1.807, 2.05) is 0 Å². The van der Waals surface area contributed by atoms with Crippen LogP contribution in [0.2, 0.25) is 19.6 Å². The third-order valence-electron chi connectivity index (χ3n) is 5.99.